The Kier molecular flexibility index (Phi) is 5.27. The smallest absolute Gasteiger partial charge is 0.167 e. The highest BCUT2D eigenvalue weighted by Crippen LogP contribution is 2.33. The SMILES string of the molecule is CC1=C(C#C[C@H]2O[C@@H](n3cnc4c(NC5CCCC5)ncnc43)[C@H](O)[C@@H]2O)CN(C)O1. The van der Waals surface area contributed by atoms with Gasteiger partial charge in [-0.25, -0.2) is 15.0 Å². The van der Waals surface area contributed by atoms with Gasteiger partial charge in [0.1, 0.15) is 30.4 Å². The van der Waals surface area contributed by atoms with E-state index in [-0.39, 0.29) is 0 Å². The molecule has 2 fully saturated rings. The maximum atomic E-state index is 10.6. The van der Waals surface area contributed by atoms with E-state index in [1.54, 1.807) is 16.0 Å². The van der Waals surface area contributed by atoms with E-state index in [1.807, 2.05) is 14.0 Å². The molecule has 2 aromatic heterocycles. The van der Waals surface area contributed by atoms with Crippen molar-refractivity contribution in [1.29, 1.82) is 0 Å². The third-order valence-corrected chi connectivity index (χ3v) is 6.03. The van der Waals surface area contributed by atoms with Crippen LogP contribution in [-0.2, 0) is 9.57 Å². The van der Waals surface area contributed by atoms with Crippen LogP contribution < -0.4 is 5.32 Å². The standard InChI is InChI=1S/C21H26N6O4/c1-12-13(9-26(2)31-12)7-8-15-17(28)18(29)21(30-15)27-11-24-16-19(22-10-23-20(16)27)25-14-5-3-4-6-14/h10-11,14-15,17-18,21,28-29H,3-6,9H2,1-2H3,(H,22,23,25)/t15-,17-,18-,21-/m1/s1. The van der Waals surface area contributed by atoms with E-state index in [0.717, 1.165) is 24.2 Å². The Balaban J connectivity index is 1.38. The lowest BCUT2D eigenvalue weighted by atomic mass is 10.1. The largest absolute Gasteiger partial charge is 0.410 e. The van der Waals surface area contributed by atoms with Gasteiger partial charge < -0.3 is 25.1 Å². The second-order valence-electron chi connectivity index (χ2n) is 8.28. The van der Waals surface area contributed by atoms with E-state index in [9.17, 15) is 10.2 Å². The zero-order valence-corrected chi connectivity index (χ0v) is 17.5. The normalized spacial score (nSPS) is 29.4. The maximum absolute atomic E-state index is 10.6. The van der Waals surface area contributed by atoms with Gasteiger partial charge in [-0.15, -0.1) is 5.06 Å². The second kappa shape index (κ2) is 8.09. The van der Waals surface area contributed by atoms with Crippen molar-refractivity contribution < 1.29 is 19.8 Å². The first-order chi connectivity index (χ1) is 15.0. The number of fused-ring (bicyclic) bond motifs is 1. The Morgan fingerprint density at radius 3 is 2.71 bits per heavy atom. The molecule has 2 aromatic rings. The van der Waals surface area contributed by atoms with Crippen LogP contribution in [0.2, 0.25) is 0 Å². The molecule has 10 heteroatoms. The predicted molar refractivity (Wildman–Crippen MR) is 111 cm³/mol. The molecule has 4 atom stereocenters. The average Bonchev–Trinajstić information content (AvgIpc) is 3.52. The molecule has 1 aliphatic carbocycles. The first-order valence-electron chi connectivity index (χ1n) is 10.6. The molecule has 0 spiro atoms. The summed E-state index contributed by atoms with van der Waals surface area (Å²) in [6.07, 6.45) is 3.64. The van der Waals surface area contributed by atoms with Crippen LogP contribution in [0.15, 0.2) is 24.0 Å². The Hall–Kier alpha value is -2.71. The van der Waals surface area contributed by atoms with Gasteiger partial charge in [0.15, 0.2) is 23.2 Å². The highest BCUT2D eigenvalue weighted by molar-refractivity contribution is 5.82. The lowest BCUT2D eigenvalue weighted by Crippen LogP contribution is -2.31. The lowest BCUT2D eigenvalue weighted by molar-refractivity contribution is -0.0657. The summed E-state index contributed by atoms with van der Waals surface area (Å²) in [6, 6.07) is 0.384. The average molecular weight is 426 g/mol. The quantitative estimate of drug-likeness (QED) is 0.617. The van der Waals surface area contributed by atoms with E-state index >= 15 is 0 Å². The number of allylic oxidation sites excluding steroid dienone is 1. The van der Waals surface area contributed by atoms with E-state index in [0.29, 0.717) is 29.6 Å². The number of hydroxylamine groups is 2. The van der Waals surface area contributed by atoms with Gasteiger partial charge in [0.25, 0.3) is 0 Å². The zero-order chi connectivity index (χ0) is 21.5. The number of nitrogens with zero attached hydrogens (tertiary/aromatic N) is 5. The van der Waals surface area contributed by atoms with Crippen LogP contribution >= 0.6 is 0 Å². The molecule has 164 valence electrons. The van der Waals surface area contributed by atoms with Crippen molar-refractivity contribution in [2.75, 3.05) is 18.9 Å². The first kappa shape index (κ1) is 20.2. The van der Waals surface area contributed by atoms with Crippen LogP contribution in [0.3, 0.4) is 0 Å². The van der Waals surface area contributed by atoms with Gasteiger partial charge in [-0.1, -0.05) is 24.7 Å². The summed E-state index contributed by atoms with van der Waals surface area (Å²) in [7, 11) is 1.82. The van der Waals surface area contributed by atoms with Crippen molar-refractivity contribution in [3.05, 3.63) is 24.0 Å². The second-order valence-corrected chi connectivity index (χ2v) is 8.28. The van der Waals surface area contributed by atoms with E-state index < -0.39 is 24.5 Å². The van der Waals surface area contributed by atoms with Gasteiger partial charge in [0.05, 0.1) is 18.4 Å². The molecule has 0 aromatic carbocycles. The van der Waals surface area contributed by atoms with Crippen molar-refractivity contribution in [3.8, 4) is 11.8 Å². The van der Waals surface area contributed by atoms with Crippen molar-refractivity contribution in [3.63, 3.8) is 0 Å². The fraction of sp³-hybridized carbons (Fsp3) is 0.571. The number of aromatic nitrogens is 4. The predicted octanol–water partition coefficient (Wildman–Crippen LogP) is 0.954. The third kappa shape index (κ3) is 3.74. The number of ether oxygens (including phenoxy) is 1. The molecule has 0 unspecified atom stereocenters. The maximum Gasteiger partial charge on any atom is 0.167 e. The summed E-state index contributed by atoms with van der Waals surface area (Å²) in [5, 5.41) is 26.3. The van der Waals surface area contributed by atoms with Crippen molar-refractivity contribution >= 4 is 17.0 Å². The molecule has 10 nitrogen and oxygen atoms in total. The minimum absolute atomic E-state index is 0.384. The molecule has 1 saturated carbocycles. The Morgan fingerprint density at radius 2 is 1.97 bits per heavy atom. The van der Waals surface area contributed by atoms with Crippen LogP contribution in [0.1, 0.15) is 38.8 Å². The molecule has 2 aliphatic heterocycles. The van der Waals surface area contributed by atoms with E-state index in [4.69, 9.17) is 9.57 Å². The summed E-state index contributed by atoms with van der Waals surface area (Å²) in [6.45, 7) is 2.40. The van der Waals surface area contributed by atoms with Crippen LogP contribution in [0.5, 0.6) is 0 Å². The molecular weight excluding hydrogens is 400 g/mol. The molecule has 31 heavy (non-hydrogen) atoms. The molecule has 3 N–H and O–H groups in total. The molecule has 3 aliphatic rings. The number of hydrogen-bond donors (Lipinski definition) is 3. The summed E-state index contributed by atoms with van der Waals surface area (Å²) in [5.41, 5.74) is 1.96. The summed E-state index contributed by atoms with van der Waals surface area (Å²) >= 11 is 0. The fourth-order valence-corrected chi connectivity index (χ4v) is 4.36. The zero-order valence-electron chi connectivity index (χ0n) is 17.5. The number of nitrogens with one attached hydrogen (secondary N) is 1. The minimum atomic E-state index is -1.17. The summed E-state index contributed by atoms with van der Waals surface area (Å²) in [4.78, 5) is 18.6. The van der Waals surface area contributed by atoms with E-state index in [1.165, 1.54) is 19.2 Å². The van der Waals surface area contributed by atoms with Gasteiger partial charge in [0.2, 0.25) is 0 Å². The van der Waals surface area contributed by atoms with Gasteiger partial charge in [-0.05, 0) is 19.8 Å². The number of hydrogen-bond acceptors (Lipinski definition) is 9. The Labute approximate surface area is 179 Å². The monoisotopic (exact) mass is 426 g/mol. The molecule has 1 saturated heterocycles. The number of rotatable bonds is 3. The molecule has 0 radical (unpaired) electrons. The minimum Gasteiger partial charge on any atom is -0.410 e. The molecular formula is C21H26N6O4. The number of imidazole rings is 1. The first-order valence-corrected chi connectivity index (χ1v) is 10.6. The number of aliphatic hydroxyl groups excluding tert-OH is 2. The van der Waals surface area contributed by atoms with Crippen molar-refractivity contribution in [1.82, 2.24) is 24.6 Å². The topological polar surface area (TPSA) is 118 Å². The highest BCUT2D eigenvalue weighted by Gasteiger charge is 2.44. The number of aliphatic hydroxyl groups is 2. The molecule has 0 bridgehead atoms. The van der Waals surface area contributed by atoms with Gasteiger partial charge in [0, 0.05) is 13.1 Å². The summed E-state index contributed by atoms with van der Waals surface area (Å²) in [5.74, 6) is 7.34. The number of anilines is 1. The highest BCUT2D eigenvalue weighted by atomic mass is 16.7. The third-order valence-electron chi connectivity index (χ3n) is 6.03. The summed E-state index contributed by atoms with van der Waals surface area (Å²) < 4.78 is 7.55. The van der Waals surface area contributed by atoms with Crippen LogP contribution in [-0.4, -0.2) is 72.7 Å². The molecule has 4 heterocycles. The van der Waals surface area contributed by atoms with Gasteiger partial charge >= 0.3 is 0 Å². The fourth-order valence-electron chi connectivity index (χ4n) is 4.36. The van der Waals surface area contributed by atoms with Gasteiger partial charge in [-0.2, -0.15) is 0 Å². The lowest BCUT2D eigenvalue weighted by Gasteiger charge is -2.16. The van der Waals surface area contributed by atoms with E-state index in [2.05, 4.69) is 32.1 Å². The number of likely N-dealkylation sites (N-methyl/N-ethyl adjacent to an activating group) is 1. The van der Waals surface area contributed by atoms with Crippen LogP contribution in [0.4, 0.5) is 5.82 Å². The van der Waals surface area contributed by atoms with Crippen LogP contribution in [0, 0.1) is 11.8 Å². The Bertz CT molecular complexity index is 1070. The van der Waals surface area contributed by atoms with Crippen LogP contribution in [0.25, 0.3) is 11.2 Å². The van der Waals surface area contributed by atoms with Crippen molar-refractivity contribution in [2.45, 2.75) is 63.2 Å². The van der Waals surface area contributed by atoms with Gasteiger partial charge in [-0.3, -0.25) is 4.57 Å². The molecule has 5 rings (SSSR count). The van der Waals surface area contributed by atoms with Crippen molar-refractivity contribution in [2.24, 2.45) is 0 Å². The molecule has 0 amide bonds. The Morgan fingerprint density at radius 1 is 1.16 bits per heavy atom.